The first-order valence-electron chi connectivity index (χ1n) is 6.23. The Hall–Kier alpha value is -0.680. The van der Waals surface area contributed by atoms with Gasteiger partial charge in [-0.15, -0.1) is 0 Å². The minimum atomic E-state index is -0.528. The van der Waals surface area contributed by atoms with Crippen molar-refractivity contribution in [3.63, 3.8) is 0 Å². The van der Waals surface area contributed by atoms with Crippen LogP contribution in [0.3, 0.4) is 0 Å². The molecule has 4 nitrogen and oxygen atoms in total. The number of rotatable bonds is 2. The highest BCUT2D eigenvalue weighted by Crippen LogP contribution is 2.23. The summed E-state index contributed by atoms with van der Waals surface area (Å²) in [5, 5.41) is 0. The number of ether oxygens (including phenoxy) is 4. The highest BCUT2D eigenvalue weighted by molar-refractivity contribution is 4.89. The van der Waals surface area contributed by atoms with Gasteiger partial charge in [0.05, 0.1) is 25.4 Å². The van der Waals surface area contributed by atoms with E-state index in [1.54, 1.807) is 12.2 Å². The molecule has 4 heteroatoms. The Balaban J connectivity index is 0.000000180. The Bertz CT molecular complexity index is 274. The maximum absolute atomic E-state index is 5.36. The minimum absolute atomic E-state index is 0.202. The summed E-state index contributed by atoms with van der Waals surface area (Å²) >= 11 is 0. The van der Waals surface area contributed by atoms with Gasteiger partial charge in [0.25, 0.3) is 0 Å². The second-order valence-electron chi connectivity index (χ2n) is 4.92. The van der Waals surface area contributed by atoms with Crippen LogP contribution >= 0.6 is 0 Å². The Kier molecular flexibility index (Phi) is 5.10. The molecule has 0 spiro atoms. The average Bonchev–Trinajstić information content (AvgIpc) is 2.85. The molecule has 2 saturated heterocycles. The third-order valence-electron chi connectivity index (χ3n) is 2.82. The zero-order chi connectivity index (χ0) is 13.8. The van der Waals surface area contributed by atoms with E-state index in [-0.39, 0.29) is 12.2 Å². The van der Waals surface area contributed by atoms with Crippen molar-refractivity contribution < 1.29 is 18.9 Å². The zero-order valence-corrected chi connectivity index (χ0v) is 11.8. The van der Waals surface area contributed by atoms with E-state index < -0.39 is 11.6 Å². The maximum Gasteiger partial charge on any atom is 0.185 e. The summed E-state index contributed by atoms with van der Waals surface area (Å²) in [5.41, 5.74) is 0. The first-order valence-corrected chi connectivity index (χ1v) is 6.23. The van der Waals surface area contributed by atoms with Gasteiger partial charge in [0.1, 0.15) is 0 Å². The molecule has 2 rings (SSSR count). The molecule has 4 atom stereocenters. The van der Waals surface area contributed by atoms with Crippen LogP contribution in [0.5, 0.6) is 0 Å². The molecule has 0 aliphatic carbocycles. The van der Waals surface area contributed by atoms with Crippen LogP contribution in [0.25, 0.3) is 0 Å². The quantitative estimate of drug-likeness (QED) is 0.712. The fraction of sp³-hybridized carbons (Fsp3) is 0.714. The lowest BCUT2D eigenvalue weighted by molar-refractivity contribution is -0.111. The predicted octanol–water partition coefficient (Wildman–Crippen LogP) is 2.65. The molecule has 2 heterocycles. The molecule has 4 unspecified atom stereocenters. The molecule has 0 amide bonds. The van der Waals surface area contributed by atoms with Crippen molar-refractivity contribution in [3.05, 3.63) is 25.3 Å². The largest absolute Gasteiger partial charge is 0.344 e. The highest BCUT2D eigenvalue weighted by atomic mass is 16.7. The van der Waals surface area contributed by atoms with E-state index in [9.17, 15) is 0 Å². The summed E-state index contributed by atoms with van der Waals surface area (Å²) < 4.78 is 21.2. The van der Waals surface area contributed by atoms with E-state index in [1.165, 1.54) is 0 Å². The zero-order valence-electron chi connectivity index (χ0n) is 11.8. The molecule has 0 radical (unpaired) electrons. The van der Waals surface area contributed by atoms with Crippen molar-refractivity contribution in [1.29, 1.82) is 0 Å². The highest BCUT2D eigenvalue weighted by Gasteiger charge is 2.32. The predicted molar refractivity (Wildman–Crippen MR) is 70.2 cm³/mol. The van der Waals surface area contributed by atoms with Gasteiger partial charge in [-0.3, -0.25) is 0 Å². The molecule has 0 aromatic heterocycles. The Morgan fingerprint density at radius 1 is 0.889 bits per heavy atom. The molecule has 2 aliphatic heterocycles. The molecule has 0 aromatic carbocycles. The van der Waals surface area contributed by atoms with Crippen LogP contribution in [0.2, 0.25) is 0 Å². The molecule has 0 N–H and O–H groups in total. The lowest BCUT2D eigenvalue weighted by atomic mass is 10.3. The average molecular weight is 256 g/mol. The molecule has 18 heavy (non-hydrogen) atoms. The standard InChI is InChI=1S/2C7H12O2/c2*1-4-7(3)8-5-6(2)9-7/h2*4,6H,1,5H2,2-3H3. The van der Waals surface area contributed by atoms with Gasteiger partial charge in [-0.1, -0.05) is 13.2 Å². The maximum atomic E-state index is 5.36. The topological polar surface area (TPSA) is 36.9 Å². The summed E-state index contributed by atoms with van der Waals surface area (Å²) in [5.74, 6) is -1.06. The third-order valence-corrected chi connectivity index (χ3v) is 2.82. The lowest BCUT2D eigenvalue weighted by Gasteiger charge is -2.16. The van der Waals surface area contributed by atoms with Gasteiger partial charge in [0, 0.05) is 0 Å². The minimum Gasteiger partial charge on any atom is -0.344 e. The Morgan fingerprint density at radius 2 is 1.22 bits per heavy atom. The number of hydrogen-bond donors (Lipinski definition) is 0. The molecule has 0 saturated carbocycles. The van der Waals surface area contributed by atoms with Gasteiger partial charge >= 0.3 is 0 Å². The fourth-order valence-corrected chi connectivity index (χ4v) is 1.71. The van der Waals surface area contributed by atoms with E-state index in [1.807, 2.05) is 27.7 Å². The molecule has 0 aromatic rings. The monoisotopic (exact) mass is 256 g/mol. The van der Waals surface area contributed by atoms with Crippen LogP contribution in [0.4, 0.5) is 0 Å². The van der Waals surface area contributed by atoms with Gasteiger partial charge in [-0.05, 0) is 39.8 Å². The van der Waals surface area contributed by atoms with Crippen molar-refractivity contribution in [1.82, 2.24) is 0 Å². The second-order valence-corrected chi connectivity index (χ2v) is 4.92. The third kappa shape index (κ3) is 4.21. The van der Waals surface area contributed by atoms with Gasteiger partial charge in [-0.2, -0.15) is 0 Å². The van der Waals surface area contributed by atoms with Crippen molar-refractivity contribution in [2.24, 2.45) is 0 Å². The Morgan fingerprint density at radius 3 is 1.33 bits per heavy atom. The SMILES string of the molecule is C=CC1(C)OCC(C)O1.C=CC1(C)OCC(C)O1. The molecular weight excluding hydrogens is 232 g/mol. The second kappa shape index (κ2) is 5.97. The van der Waals surface area contributed by atoms with Crippen LogP contribution in [0, 0.1) is 0 Å². The van der Waals surface area contributed by atoms with Crippen molar-refractivity contribution in [2.45, 2.75) is 51.5 Å². The van der Waals surface area contributed by atoms with Gasteiger partial charge < -0.3 is 18.9 Å². The summed E-state index contributed by atoms with van der Waals surface area (Å²) in [4.78, 5) is 0. The molecule has 0 bridgehead atoms. The van der Waals surface area contributed by atoms with Crippen LogP contribution in [-0.4, -0.2) is 37.0 Å². The van der Waals surface area contributed by atoms with Gasteiger partial charge in [0.2, 0.25) is 0 Å². The smallest absolute Gasteiger partial charge is 0.185 e. The van der Waals surface area contributed by atoms with Crippen LogP contribution in [0.1, 0.15) is 27.7 Å². The van der Waals surface area contributed by atoms with E-state index >= 15 is 0 Å². The summed E-state index contributed by atoms with van der Waals surface area (Å²) in [6.07, 6.45) is 3.76. The van der Waals surface area contributed by atoms with Crippen molar-refractivity contribution in [2.75, 3.05) is 13.2 Å². The first-order chi connectivity index (χ1) is 8.32. The van der Waals surface area contributed by atoms with Crippen molar-refractivity contribution >= 4 is 0 Å². The molecule has 2 fully saturated rings. The van der Waals surface area contributed by atoms with E-state index in [0.29, 0.717) is 13.2 Å². The summed E-state index contributed by atoms with van der Waals surface area (Å²) in [6, 6.07) is 0. The van der Waals surface area contributed by atoms with Gasteiger partial charge in [0.15, 0.2) is 11.6 Å². The molecule has 2 aliphatic rings. The fourth-order valence-electron chi connectivity index (χ4n) is 1.71. The molecule has 104 valence electrons. The van der Waals surface area contributed by atoms with Gasteiger partial charge in [-0.25, -0.2) is 0 Å². The molecular formula is C14H24O4. The normalized spacial score (nSPS) is 43.1. The summed E-state index contributed by atoms with van der Waals surface area (Å²) in [6.45, 7) is 16.2. The summed E-state index contributed by atoms with van der Waals surface area (Å²) in [7, 11) is 0. The van der Waals surface area contributed by atoms with Crippen LogP contribution in [-0.2, 0) is 18.9 Å². The van der Waals surface area contributed by atoms with E-state index in [0.717, 1.165) is 0 Å². The lowest BCUT2D eigenvalue weighted by Crippen LogP contribution is -2.22. The van der Waals surface area contributed by atoms with E-state index in [2.05, 4.69) is 13.2 Å². The van der Waals surface area contributed by atoms with Crippen LogP contribution < -0.4 is 0 Å². The van der Waals surface area contributed by atoms with Crippen LogP contribution in [0.15, 0.2) is 25.3 Å². The Labute approximate surface area is 110 Å². The van der Waals surface area contributed by atoms with E-state index in [4.69, 9.17) is 18.9 Å². The number of hydrogen-bond acceptors (Lipinski definition) is 4. The first kappa shape index (κ1) is 15.4. The van der Waals surface area contributed by atoms with Crippen molar-refractivity contribution in [3.8, 4) is 0 Å².